The SMILES string of the molecule is CCc1ccc(OC(=O)NC2CCNCC2)cc1. The highest BCUT2D eigenvalue weighted by Gasteiger charge is 2.16. The molecule has 0 saturated carbocycles. The van der Waals surface area contributed by atoms with Crippen molar-refractivity contribution < 1.29 is 9.53 Å². The first-order chi connectivity index (χ1) is 8.78. The van der Waals surface area contributed by atoms with Crippen LogP contribution in [-0.2, 0) is 6.42 Å². The van der Waals surface area contributed by atoms with Crippen LogP contribution in [-0.4, -0.2) is 25.2 Å². The van der Waals surface area contributed by atoms with E-state index in [9.17, 15) is 4.79 Å². The third kappa shape index (κ3) is 3.74. The van der Waals surface area contributed by atoms with Crippen LogP contribution in [0, 0.1) is 0 Å². The van der Waals surface area contributed by atoms with Gasteiger partial charge < -0.3 is 15.4 Å². The van der Waals surface area contributed by atoms with Crippen LogP contribution in [0.5, 0.6) is 5.75 Å². The van der Waals surface area contributed by atoms with E-state index in [1.165, 1.54) is 5.56 Å². The van der Waals surface area contributed by atoms with Crippen LogP contribution in [0.25, 0.3) is 0 Å². The lowest BCUT2D eigenvalue weighted by molar-refractivity contribution is 0.193. The summed E-state index contributed by atoms with van der Waals surface area (Å²) in [5.41, 5.74) is 1.24. The molecule has 1 aliphatic rings. The molecule has 1 amide bonds. The van der Waals surface area contributed by atoms with E-state index in [-0.39, 0.29) is 12.1 Å². The van der Waals surface area contributed by atoms with Crippen molar-refractivity contribution in [2.75, 3.05) is 13.1 Å². The topological polar surface area (TPSA) is 50.4 Å². The highest BCUT2D eigenvalue weighted by molar-refractivity contribution is 5.70. The molecule has 1 heterocycles. The van der Waals surface area contributed by atoms with E-state index in [2.05, 4.69) is 17.6 Å². The van der Waals surface area contributed by atoms with Crippen LogP contribution in [0.15, 0.2) is 24.3 Å². The normalized spacial score (nSPS) is 16.3. The highest BCUT2D eigenvalue weighted by Crippen LogP contribution is 2.13. The lowest BCUT2D eigenvalue weighted by atomic mass is 10.1. The molecule has 0 aromatic heterocycles. The lowest BCUT2D eigenvalue weighted by Gasteiger charge is -2.23. The molecule has 0 radical (unpaired) electrons. The van der Waals surface area contributed by atoms with Crippen molar-refractivity contribution in [1.29, 1.82) is 0 Å². The van der Waals surface area contributed by atoms with Gasteiger partial charge in [0.2, 0.25) is 0 Å². The fourth-order valence-electron chi connectivity index (χ4n) is 2.06. The number of carbonyl (C=O) groups is 1. The summed E-state index contributed by atoms with van der Waals surface area (Å²) in [6.07, 6.45) is 2.56. The maximum Gasteiger partial charge on any atom is 0.412 e. The number of aryl methyl sites for hydroxylation is 1. The van der Waals surface area contributed by atoms with Gasteiger partial charge in [0, 0.05) is 6.04 Å². The van der Waals surface area contributed by atoms with Crippen molar-refractivity contribution in [2.24, 2.45) is 0 Å². The number of rotatable bonds is 3. The first-order valence-electron chi connectivity index (χ1n) is 6.56. The quantitative estimate of drug-likeness (QED) is 0.861. The van der Waals surface area contributed by atoms with Crippen molar-refractivity contribution in [3.8, 4) is 5.75 Å². The van der Waals surface area contributed by atoms with E-state index in [0.717, 1.165) is 32.4 Å². The summed E-state index contributed by atoms with van der Waals surface area (Å²) in [7, 11) is 0. The molecule has 1 aliphatic heterocycles. The predicted molar refractivity (Wildman–Crippen MR) is 70.9 cm³/mol. The number of hydrogen-bond acceptors (Lipinski definition) is 3. The Labute approximate surface area is 108 Å². The molecule has 2 rings (SSSR count). The summed E-state index contributed by atoms with van der Waals surface area (Å²) in [5, 5.41) is 6.15. The van der Waals surface area contributed by atoms with Crippen LogP contribution < -0.4 is 15.4 Å². The molecule has 4 nitrogen and oxygen atoms in total. The zero-order valence-corrected chi connectivity index (χ0v) is 10.7. The van der Waals surface area contributed by atoms with Crippen LogP contribution in [0.2, 0.25) is 0 Å². The summed E-state index contributed by atoms with van der Waals surface area (Å²) >= 11 is 0. The average Bonchev–Trinajstić information content (AvgIpc) is 2.40. The zero-order chi connectivity index (χ0) is 12.8. The van der Waals surface area contributed by atoms with Gasteiger partial charge in [0.15, 0.2) is 0 Å². The molecule has 0 spiro atoms. The largest absolute Gasteiger partial charge is 0.412 e. The second-order valence-electron chi connectivity index (χ2n) is 4.56. The van der Waals surface area contributed by atoms with Crippen molar-refractivity contribution in [3.63, 3.8) is 0 Å². The third-order valence-corrected chi connectivity index (χ3v) is 3.20. The van der Waals surface area contributed by atoms with E-state index >= 15 is 0 Å². The lowest BCUT2D eigenvalue weighted by Crippen LogP contribution is -2.43. The predicted octanol–water partition coefficient (Wildman–Crippen LogP) is 2.09. The van der Waals surface area contributed by atoms with Gasteiger partial charge in [-0.25, -0.2) is 4.79 Å². The van der Waals surface area contributed by atoms with Crippen LogP contribution in [0.4, 0.5) is 4.79 Å². The first-order valence-corrected chi connectivity index (χ1v) is 6.56. The highest BCUT2D eigenvalue weighted by atomic mass is 16.6. The molecule has 98 valence electrons. The van der Waals surface area contributed by atoms with E-state index in [0.29, 0.717) is 5.75 Å². The fourth-order valence-corrected chi connectivity index (χ4v) is 2.06. The van der Waals surface area contributed by atoms with Gasteiger partial charge in [-0.1, -0.05) is 19.1 Å². The Morgan fingerprint density at radius 3 is 2.61 bits per heavy atom. The zero-order valence-electron chi connectivity index (χ0n) is 10.7. The smallest absolute Gasteiger partial charge is 0.410 e. The van der Waals surface area contributed by atoms with E-state index in [4.69, 9.17) is 4.74 Å². The molecule has 4 heteroatoms. The molecule has 0 aliphatic carbocycles. The maximum atomic E-state index is 11.7. The van der Waals surface area contributed by atoms with Gasteiger partial charge in [-0.05, 0) is 50.0 Å². The van der Waals surface area contributed by atoms with Crippen molar-refractivity contribution >= 4 is 6.09 Å². The number of nitrogens with one attached hydrogen (secondary N) is 2. The molecule has 1 saturated heterocycles. The van der Waals surface area contributed by atoms with Gasteiger partial charge in [-0.3, -0.25) is 0 Å². The Bertz CT molecular complexity index is 383. The Hall–Kier alpha value is -1.55. The fraction of sp³-hybridized carbons (Fsp3) is 0.500. The summed E-state index contributed by atoms with van der Waals surface area (Å²) in [5.74, 6) is 0.596. The molecular formula is C14H20N2O2. The van der Waals surface area contributed by atoms with Crippen LogP contribution >= 0.6 is 0 Å². The monoisotopic (exact) mass is 248 g/mol. The van der Waals surface area contributed by atoms with E-state index < -0.39 is 0 Å². The second-order valence-corrected chi connectivity index (χ2v) is 4.56. The van der Waals surface area contributed by atoms with Gasteiger partial charge in [0.1, 0.15) is 5.75 Å². The number of hydrogen-bond donors (Lipinski definition) is 2. The molecular weight excluding hydrogens is 228 g/mol. The minimum Gasteiger partial charge on any atom is -0.410 e. The summed E-state index contributed by atoms with van der Waals surface area (Å²) in [4.78, 5) is 11.7. The summed E-state index contributed by atoms with van der Waals surface area (Å²) in [6, 6.07) is 7.86. The average molecular weight is 248 g/mol. The van der Waals surface area contributed by atoms with Crippen LogP contribution in [0.3, 0.4) is 0 Å². The molecule has 1 fully saturated rings. The van der Waals surface area contributed by atoms with E-state index in [1.807, 2.05) is 24.3 Å². The summed E-state index contributed by atoms with van der Waals surface area (Å²) in [6.45, 7) is 4.01. The van der Waals surface area contributed by atoms with E-state index in [1.54, 1.807) is 0 Å². The van der Waals surface area contributed by atoms with Gasteiger partial charge in [0.05, 0.1) is 0 Å². The second kappa shape index (κ2) is 6.40. The number of carbonyl (C=O) groups excluding carboxylic acids is 1. The number of amides is 1. The van der Waals surface area contributed by atoms with Crippen molar-refractivity contribution in [3.05, 3.63) is 29.8 Å². The molecule has 1 aromatic rings. The van der Waals surface area contributed by atoms with Crippen LogP contribution in [0.1, 0.15) is 25.3 Å². The molecule has 0 atom stereocenters. The van der Waals surface area contributed by atoms with Gasteiger partial charge in [-0.2, -0.15) is 0 Å². The first kappa shape index (κ1) is 12.9. The standard InChI is InChI=1S/C14H20N2O2/c1-2-11-3-5-13(6-4-11)18-14(17)16-12-7-9-15-10-8-12/h3-6,12,15H,2,7-10H2,1H3,(H,16,17). The van der Waals surface area contributed by atoms with Gasteiger partial charge in [-0.15, -0.1) is 0 Å². The van der Waals surface area contributed by atoms with Gasteiger partial charge in [0.25, 0.3) is 0 Å². The molecule has 18 heavy (non-hydrogen) atoms. The molecule has 0 bridgehead atoms. The molecule has 0 unspecified atom stereocenters. The minimum atomic E-state index is -0.355. The Morgan fingerprint density at radius 2 is 2.00 bits per heavy atom. The third-order valence-electron chi connectivity index (χ3n) is 3.20. The molecule has 2 N–H and O–H groups in total. The summed E-state index contributed by atoms with van der Waals surface area (Å²) < 4.78 is 5.25. The number of piperidine rings is 1. The van der Waals surface area contributed by atoms with Crippen molar-refractivity contribution in [2.45, 2.75) is 32.2 Å². The molecule has 1 aromatic carbocycles. The number of ether oxygens (including phenoxy) is 1. The van der Waals surface area contributed by atoms with Gasteiger partial charge >= 0.3 is 6.09 Å². The number of benzene rings is 1. The minimum absolute atomic E-state index is 0.230. The Kier molecular flexibility index (Phi) is 4.59. The Morgan fingerprint density at radius 1 is 1.33 bits per heavy atom. The maximum absolute atomic E-state index is 11.7. The Balaban J connectivity index is 1.82. The van der Waals surface area contributed by atoms with Crippen molar-refractivity contribution in [1.82, 2.24) is 10.6 Å².